The van der Waals surface area contributed by atoms with E-state index in [0.717, 1.165) is 12.0 Å². The maximum Gasteiger partial charge on any atom is 0.245 e. The summed E-state index contributed by atoms with van der Waals surface area (Å²) in [5.41, 5.74) is 1.12. The zero-order valence-corrected chi connectivity index (χ0v) is 8.19. The van der Waals surface area contributed by atoms with E-state index in [-0.39, 0.29) is 12.5 Å². The van der Waals surface area contributed by atoms with Gasteiger partial charge in [-0.2, -0.15) is 0 Å². The topological polar surface area (TPSA) is 51.2 Å². The molecule has 14 heavy (non-hydrogen) atoms. The highest BCUT2D eigenvalue weighted by atomic mass is 16.5. The van der Waals surface area contributed by atoms with Crippen LogP contribution in [0.25, 0.3) is 0 Å². The Kier molecular flexibility index (Phi) is 4.64. The van der Waals surface area contributed by atoms with E-state index in [0.29, 0.717) is 6.54 Å². The summed E-state index contributed by atoms with van der Waals surface area (Å²) in [6, 6.07) is 3.86. The lowest BCUT2D eigenvalue weighted by Gasteiger charge is -2.03. The molecule has 1 aromatic rings. The molecule has 0 unspecified atom stereocenters. The molecule has 4 nitrogen and oxygen atoms in total. The molecule has 1 rings (SSSR count). The number of nitrogens with one attached hydrogen (secondary N) is 1. The normalized spacial score (nSPS) is 9.79. The van der Waals surface area contributed by atoms with Gasteiger partial charge < -0.3 is 10.1 Å². The van der Waals surface area contributed by atoms with Crippen molar-refractivity contribution in [1.29, 1.82) is 0 Å². The Hall–Kier alpha value is -1.42. The summed E-state index contributed by atoms with van der Waals surface area (Å²) >= 11 is 0. The molecule has 0 aliphatic heterocycles. The van der Waals surface area contributed by atoms with Gasteiger partial charge >= 0.3 is 0 Å². The van der Waals surface area contributed by atoms with Crippen LogP contribution in [0.5, 0.6) is 0 Å². The number of carbonyl (C=O) groups excluding carboxylic acids is 1. The highest BCUT2D eigenvalue weighted by Gasteiger charge is 1.98. The van der Waals surface area contributed by atoms with Crippen molar-refractivity contribution in [3.8, 4) is 0 Å². The number of methoxy groups -OCH3 is 1. The summed E-state index contributed by atoms with van der Waals surface area (Å²) in [6.07, 6.45) is 4.32. The summed E-state index contributed by atoms with van der Waals surface area (Å²) in [6.45, 7) is 0.737. The van der Waals surface area contributed by atoms with E-state index < -0.39 is 0 Å². The molecule has 76 valence electrons. The molecule has 0 aliphatic carbocycles. The number of hydrogen-bond acceptors (Lipinski definition) is 3. The van der Waals surface area contributed by atoms with E-state index in [1.807, 2.05) is 12.1 Å². The summed E-state index contributed by atoms with van der Waals surface area (Å²) in [5.74, 6) is -0.0867. The third-order valence-corrected chi connectivity index (χ3v) is 1.73. The lowest BCUT2D eigenvalue weighted by Crippen LogP contribution is -2.28. The van der Waals surface area contributed by atoms with Crippen molar-refractivity contribution >= 4 is 5.91 Å². The van der Waals surface area contributed by atoms with Crippen molar-refractivity contribution in [1.82, 2.24) is 10.3 Å². The van der Waals surface area contributed by atoms with Gasteiger partial charge in [0.05, 0.1) is 0 Å². The van der Waals surface area contributed by atoms with Gasteiger partial charge in [-0.3, -0.25) is 9.78 Å². The predicted molar refractivity (Wildman–Crippen MR) is 52.8 cm³/mol. The first-order valence-corrected chi connectivity index (χ1v) is 4.47. The van der Waals surface area contributed by atoms with Crippen molar-refractivity contribution in [2.45, 2.75) is 6.42 Å². The van der Waals surface area contributed by atoms with Crippen LogP contribution in [0.4, 0.5) is 0 Å². The van der Waals surface area contributed by atoms with Crippen LogP contribution in [-0.4, -0.2) is 31.2 Å². The fourth-order valence-corrected chi connectivity index (χ4v) is 1.07. The summed E-state index contributed by atoms with van der Waals surface area (Å²) in [7, 11) is 1.50. The van der Waals surface area contributed by atoms with Crippen LogP contribution < -0.4 is 5.32 Å². The van der Waals surface area contributed by atoms with Crippen LogP contribution in [-0.2, 0) is 16.0 Å². The molecule has 1 N–H and O–H groups in total. The van der Waals surface area contributed by atoms with E-state index in [2.05, 4.69) is 15.0 Å². The van der Waals surface area contributed by atoms with Crippen LogP contribution in [0, 0.1) is 0 Å². The van der Waals surface area contributed by atoms with Gasteiger partial charge in [0, 0.05) is 26.0 Å². The number of nitrogens with zero attached hydrogens (tertiary/aromatic N) is 1. The van der Waals surface area contributed by atoms with Crippen LogP contribution in [0.3, 0.4) is 0 Å². The average Bonchev–Trinajstić information content (AvgIpc) is 2.20. The molecule has 0 saturated heterocycles. The molecule has 0 aliphatic rings. The SMILES string of the molecule is COCC(=O)NCCc1cccnc1. The first-order chi connectivity index (χ1) is 6.83. The first kappa shape index (κ1) is 10.7. The maximum absolute atomic E-state index is 11.0. The number of ether oxygens (including phenoxy) is 1. The highest BCUT2D eigenvalue weighted by molar-refractivity contribution is 5.77. The molecular formula is C10H14N2O2. The highest BCUT2D eigenvalue weighted by Crippen LogP contribution is 1.95. The zero-order valence-electron chi connectivity index (χ0n) is 8.19. The Labute approximate surface area is 83.3 Å². The van der Waals surface area contributed by atoms with Crippen LogP contribution >= 0.6 is 0 Å². The fourth-order valence-electron chi connectivity index (χ4n) is 1.07. The van der Waals surface area contributed by atoms with E-state index in [9.17, 15) is 4.79 Å². The molecule has 4 heteroatoms. The minimum Gasteiger partial charge on any atom is -0.375 e. The Bertz CT molecular complexity index is 275. The van der Waals surface area contributed by atoms with Gasteiger partial charge in [0.2, 0.25) is 5.91 Å². The number of aromatic nitrogens is 1. The third-order valence-electron chi connectivity index (χ3n) is 1.73. The van der Waals surface area contributed by atoms with Gasteiger partial charge in [-0.1, -0.05) is 6.07 Å². The Morgan fingerprint density at radius 2 is 2.50 bits per heavy atom. The smallest absolute Gasteiger partial charge is 0.245 e. The standard InChI is InChI=1S/C10H14N2O2/c1-14-8-10(13)12-6-4-9-3-2-5-11-7-9/h2-3,5,7H,4,6,8H2,1H3,(H,12,13). The van der Waals surface area contributed by atoms with E-state index in [1.165, 1.54) is 7.11 Å². The zero-order chi connectivity index (χ0) is 10.2. The average molecular weight is 194 g/mol. The fraction of sp³-hybridized carbons (Fsp3) is 0.400. The molecule has 1 aromatic heterocycles. The molecule has 1 heterocycles. The van der Waals surface area contributed by atoms with Crippen LogP contribution in [0.1, 0.15) is 5.56 Å². The second-order valence-electron chi connectivity index (χ2n) is 2.89. The molecule has 0 bridgehead atoms. The van der Waals surface area contributed by atoms with Gasteiger partial charge in [-0.15, -0.1) is 0 Å². The molecule has 0 spiro atoms. The molecule has 0 aromatic carbocycles. The van der Waals surface area contributed by atoms with Crippen molar-refractivity contribution in [2.75, 3.05) is 20.3 Å². The van der Waals surface area contributed by atoms with E-state index in [4.69, 9.17) is 0 Å². The minimum absolute atomic E-state index is 0.0867. The van der Waals surface area contributed by atoms with Crippen LogP contribution in [0.15, 0.2) is 24.5 Å². The second kappa shape index (κ2) is 6.10. The van der Waals surface area contributed by atoms with Gasteiger partial charge in [0.1, 0.15) is 6.61 Å². The number of hydrogen-bond donors (Lipinski definition) is 1. The van der Waals surface area contributed by atoms with E-state index >= 15 is 0 Å². The summed E-state index contributed by atoms with van der Waals surface area (Å²) in [5, 5.41) is 2.74. The Morgan fingerprint density at radius 3 is 3.14 bits per heavy atom. The monoisotopic (exact) mass is 194 g/mol. The van der Waals surface area contributed by atoms with Crippen molar-refractivity contribution < 1.29 is 9.53 Å². The van der Waals surface area contributed by atoms with Gasteiger partial charge in [0.15, 0.2) is 0 Å². The van der Waals surface area contributed by atoms with Crippen LogP contribution in [0.2, 0.25) is 0 Å². The quantitative estimate of drug-likeness (QED) is 0.737. The molecule has 1 amide bonds. The van der Waals surface area contributed by atoms with Crippen molar-refractivity contribution in [2.24, 2.45) is 0 Å². The van der Waals surface area contributed by atoms with Crippen molar-refractivity contribution in [3.05, 3.63) is 30.1 Å². The predicted octanol–water partition coefficient (Wildman–Crippen LogP) is 0.387. The van der Waals surface area contributed by atoms with E-state index in [1.54, 1.807) is 12.4 Å². The molecular weight excluding hydrogens is 180 g/mol. The van der Waals surface area contributed by atoms with Gasteiger partial charge in [-0.25, -0.2) is 0 Å². The van der Waals surface area contributed by atoms with Gasteiger partial charge in [0.25, 0.3) is 0 Å². The second-order valence-corrected chi connectivity index (χ2v) is 2.89. The number of pyridine rings is 1. The van der Waals surface area contributed by atoms with Crippen molar-refractivity contribution in [3.63, 3.8) is 0 Å². The first-order valence-electron chi connectivity index (χ1n) is 4.47. The summed E-state index contributed by atoms with van der Waals surface area (Å²) < 4.78 is 4.68. The maximum atomic E-state index is 11.0. The molecule has 0 fully saturated rings. The molecule has 0 saturated carbocycles. The third kappa shape index (κ3) is 4.00. The summed E-state index contributed by atoms with van der Waals surface area (Å²) in [4.78, 5) is 15.0. The number of carbonyl (C=O) groups is 1. The Morgan fingerprint density at radius 1 is 1.64 bits per heavy atom. The largest absolute Gasteiger partial charge is 0.375 e. The lowest BCUT2D eigenvalue weighted by molar-refractivity contribution is -0.124. The molecule has 0 radical (unpaired) electrons. The number of amides is 1. The minimum atomic E-state index is -0.0867. The number of rotatable bonds is 5. The molecule has 0 atom stereocenters. The lowest BCUT2D eigenvalue weighted by atomic mass is 10.2. The van der Waals surface area contributed by atoms with Gasteiger partial charge in [-0.05, 0) is 18.1 Å². The Balaban J connectivity index is 2.19.